The molecule has 2 amide bonds. The molecule has 0 unspecified atom stereocenters. The van der Waals surface area contributed by atoms with Crippen molar-refractivity contribution in [3.05, 3.63) is 70.8 Å². The van der Waals surface area contributed by atoms with Crippen molar-refractivity contribution in [3.63, 3.8) is 0 Å². The summed E-state index contributed by atoms with van der Waals surface area (Å²) in [6.07, 6.45) is 2.94. The largest absolute Gasteiger partial charge is 0.416 e. The molecule has 4 aliphatic heterocycles. The zero-order valence-corrected chi connectivity index (χ0v) is 32.7. The van der Waals surface area contributed by atoms with Gasteiger partial charge in [-0.2, -0.15) is 26.3 Å². The molecule has 2 aromatic rings. The van der Waals surface area contributed by atoms with E-state index in [4.69, 9.17) is 0 Å². The summed E-state index contributed by atoms with van der Waals surface area (Å²) in [4.78, 5) is 34.2. The van der Waals surface area contributed by atoms with E-state index in [0.717, 1.165) is 115 Å². The highest BCUT2D eigenvalue weighted by atomic mass is 35.5. The Morgan fingerprint density at radius 2 is 0.782 bits per heavy atom. The van der Waals surface area contributed by atoms with Crippen LogP contribution in [0.4, 0.5) is 26.3 Å². The van der Waals surface area contributed by atoms with Crippen LogP contribution in [0.1, 0.15) is 86.5 Å². The summed E-state index contributed by atoms with van der Waals surface area (Å²) >= 11 is 0. The smallest absolute Gasteiger partial charge is 0.412 e. The molecule has 2 aromatic carbocycles. The van der Waals surface area contributed by atoms with Gasteiger partial charge in [-0.15, -0.1) is 24.8 Å². The zero-order valence-electron chi connectivity index (χ0n) is 31.1. The van der Waals surface area contributed by atoms with Crippen molar-refractivity contribution in [2.45, 2.75) is 101 Å². The average Bonchev–Trinajstić information content (AvgIpc) is 3.80. The number of carbonyl (C=O) groups is 2. The van der Waals surface area contributed by atoms with Gasteiger partial charge in [0.15, 0.2) is 0 Å². The summed E-state index contributed by atoms with van der Waals surface area (Å²) in [5.74, 6) is 0.0623. The lowest BCUT2D eigenvalue weighted by Gasteiger charge is -2.38. The molecule has 4 saturated heterocycles. The fourth-order valence-corrected chi connectivity index (χ4v) is 7.74. The van der Waals surface area contributed by atoms with Crippen LogP contribution in [0.5, 0.6) is 0 Å². The quantitative estimate of drug-likeness (QED) is 0.309. The number of benzene rings is 2. The molecule has 0 radical (unpaired) electrons. The average molecular weight is 836 g/mol. The topological polar surface area (TPSA) is 142 Å². The predicted molar refractivity (Wildman–Crippen MR) is 206 cm³/mol. The Balaban J connectivity index is 0.000000972. The summed E-state index contributed by atoms with van der Waals surface area (Å²) in [5.41, 5.74) is -0.0610. The summed E-state index contributed by atoms with van der Waals surface area (Å²) in [6, 6.07) is 10.4. The van der Waals surface area contributed by atoms with Crippen LogP contribution in [0.2, 0.25) is 0 Å². The maximum Gasteiger partial charge on any atom is 0.416 e. The maximum atomic E-state index is 12.7. The number of hydrogen-bond donors (Lipinski definition) is 0. The number of nitrogens with zero attached hydrogens (tertiary/aromatic N) is 4. The fourth-order valence-electron chi connectivity index (χ4n) is 7.74. The van der Waals surface area contributed by atoms with Gasteiger partial charge in [0.25, 0.3) is 0 Å². The van der Waals surface area contributed by atoms with Crippen LogP contribution in [0.3, 0.4) is 0 Å². The fraction of sp³-hybridized carbons (Fsp3) is 0.632. The van der Waals surface area contributed by atoms with Crippen LogP contribution < -0.4 is 0 Å². The minimum Gasteiger partial charge on any atom is -0.412 e. The molecule has 6 rings (SSSR count). The van der Waals surface area contributed by atoms with Crippen molar-refractivity contribution >= 4 is 36.6 Å². The Kier molecular flexibility index (Phi) is 23.0. The van der Waals surface area contributed by atoms with E-state index in [9.17, 15) is 35.9 Å². The molecule has 0 spiro atoms. The Bertz CT molecular complexity index is 1290. The monoisotopic (exact) mass is 834 g/mol. The van der Waals surface area contributed by atoms with Crippen LogP contribution in [0.15, 0.2) is 48.5 Å². The minimum absolute atomic E-state index is 0. The third kappa shape index (κ3) is 15.7. The van der Waals surface area contributed by atoms with Crippen molar-refractivity contribution in [1.29, 1.82) is 0 Å². The van der Waals surface area contributed by atoms with Gasteiger partial charge in [0.2, 0.25) is 11.8 Å². The van der Waals surface area contributed by atoms with Crippen LogP contribution in [-0.4, -0.2) is 112 Å². The van der Waals surface area contributed by atoms with Crippen molar-refractivity contribution < 1.29 is 52.4 Å². The summed E-state index contributed by atoms with van der Waals surface area (Å²) in [5, 5.41) is 0. The first-order valence-electron chi connectivity index (χ1n) is 18.2. The standard InChI is InChI=1S/2C19H25F3N2O.2ClH.3H2O/c2*20-19(21,22)16-8-6-15(7-9-16)13-18(25)24-12-2-1-5-17(24)14-23-10-3-4-11-23;;;;;/h2*6-9,17H,1-5,10-14H2;2*1H;3*1H2/t2*17-;;;;;/m00...../s1. The van der Waals surface area contributed by atoms with Gasteiger partial charge in [-0.05, 0) is 126 Å². The van der Waals surface area contributed by atoms with Gasteiger partial charge in [-0.25, -0.2) is 0 Å². The van der Waals surface area contributed by atoms with E-state index in [1.807, 2.05) is 9.80 Å². The normalized spacial score (nSPS) is 20.3. The lowest BCUT2D eigenvalue weighted by molar-refractivity contribution is -0.138. The predicted octanol–water partition coefficient (Wildman–Crippen LogP) is 5.82. The Morgan fingerprint density at radius 1 is 0.491 bits per heavy atom. The third-order valence-electron chi connectivity index (χ3n) is 10.5. The lowest BCUT2D eigenvalue weighted by atomic mass is 10.00. The maximum absolute atomic E-state index is 12.7. The Morgan fingerprint density at radius 3 is 1.07 bits per heavy atom. The van der Waals surface area contributed by atoms with Crippen molar-refractivity contribution in [3.8, 4) is 0 Å². The van der Waals surface area contributed by atoms with Crippen LogP contribution >= 0.6 is 24.8 Å². The first-order chi connectivity index (χ1) is 23.9. The molecule has 316 valence electrons. The molecule has 4 heterocycles. The highest BCUT2D eigenvalue weighted by Gasteiger charge is 2.33. The Labute approximate surface area is 332 Å². The molecule has 6 N–H and O–H groups in total. The molecule has 0 bridgehead atoms. The lowest BCUT2D eigenvalue weighted by Crippen LogP contribution is -2.49. The molecule has 9 nitrogen and oxygen atoms in total. The SMILES string of the molecule is Cl.Cl.O.O.O.O=C(Cc1ccc(C(F)(F)F)cc1)N1CCCC[C@H]1CN1CCCC1.O=C(Cc1ccc(C(F)(F)F)cc1)N1CCCC[C@H]1CN1CCCC1. The molecule has 0 aliphatic carbocycles. The second kappa shape index (κ2) is 24.2. The molecular weight excluding hydrogens is 777 g/mol. The number of hydrogen-bond acceptors (Lipinski definition) is 4. The first-order valence-corrected chi connectivity index (χ1v) is 18.2. The minimum atomic E-state index is -4.34. The van der Waals surface area contributed by atoms with Gasteiger partial charge in [0.1, 0.15) is 0 Å². The second-order valence-electron chi connectivity index (χ2n) is 14.2. The van der Waals surface area contributed by atoms with Crippen molar-refractivity contribution in [1.82, 2.24) is 19.6 Å². The molecular formula is C38H58Cl2F6N4O5. The number of carbonyl (C=O) groups excluding carboxylic acids is 2. The van der Waals surface area contributed by atoms with E-state index < -0.39 is 23.5 Å². The number of piperidine rings is 2. The number of alkyl halides is 6. The first kappa shape index (κ1) is 52.3. The molecule has 2 atom stereocenters. The summed E-state index contributed by atoms with van der Waals surface area (Å²) < 4.78 is 75.8. The molecule has 4 fully saturated rings. The van der Waals surface area contributed by atoms with E-state index in [2.05, 4.69) is 9.80 Å². The highest BCUT2D eigenvalue weighted by Crippen LogP contribution is 2.31. The number of amides is 2. The highest BCUT2D eigenvalue weighted by molar-refractivity contribution is 5.85. The van der Waals surface area contributed by atoms with Gasteiger partial charge in [0, 0.05) is 38.3 Å². The van der Waals surface area contributed by atoms with Crippen LogP contribution in [0.25, 0.3) is 0 Å². The summed E-state index contributed by atoms with van der Waals surface area (Å²) in [7, 11) is 0. The van der Waals surface area contributed by atoms with Crippen molar-refractivity contribution in [2.75, 3.05) is 52.4 Å². The van der Waals surface area contributed by atoms with E-state index in [0.29, 0.717) is 11.1 Å². The van der Waals surface area contributed by atoms with Gasteiger partial charge < -0.3 is 36.0 Å². The summed E-state index contributed by atoms with van der Waals surface area (Å²) in [6.45, 7) is 7.82. The van der Waals surface area contributed by atoms with E-state index in [1.54, 1.807) is 0 Å². The van der Waals surface area contributed by atoms with Crippen LogP contribution in [-0.2, 0) is 34.8 Å². The van der Waals surface area contributed by atoms with Crippen molar-refractivity contribution in [2.24, 2.45) is 0 Å². The molecule has 4 aliphatic rings. The van der Waals surface area contributed by atoms with E-state index in [1.165, 1.54) is 49.9 Å². The number of likely N-dealkylation sites (tertiary alicyclic amines) is 4. The number of halogens is 8. The van der Waals surface area contributed by atoms with Gasteiger partial charge in [-0.1, -0.05) is 24.3 Å². The van der Waals surface area contributed by atoms with Crippen LogP contribution in [0, 0.1) is 0 Å². The second-order valence-corrected chi connectivity index (χ2v) is 14.2. The van der Waals surface area contributed by atoms with E-state index >= 15 is 0 Å². The molecule has 55 heavy (non-hydrogen) atoms. The van der Waals surface area contributed by atoms with Gasteiger partial charge in [0.05, 0.1) is 24.0 Å². The molecule has 0 saturated carbocycles. The zero-order chi connectivity index (χ0) is 35.7. The molecule has 17 heteroatoms. The third-order valence-corrected chi connectivity index (χ3v) is 10.5. The van der Waals surface area contributed by atoms with Gasteiger partial charge in [-0.3, -0.25) is 9.59 Å². The number of rotatable bonds is 8. The van der Waals surface area contributed by atoms with Gasteiger partial charge >= 0.3 is 12.4 Å². The Hall–Kier alpha value is -2.66. The van der Waals surface area contributed by atoms with E-state index in [-0.39, 0.29) is 78.0 Å². The molecule has 0 aromatic heterocycles.